The summed E-state index contributed by atoms with van der Waals surface area (Å²) < 4.78 is 22.5. The molecule has 0 heterocycles. The van der Waals surface area contributed by atoms with Crippen molar-refractivity contribution in [2.24, 2.45) is 0 Å². The lowest BCUT2D eigenvalue weighted by molar-refractivity contribution is 0.600. The quantitative estimate of drug-likeness (QED) is 0.808. The summed E-state index contributed by atoms with van der Waals surface area (Å²) in [5, 5.41) is 2.38. The fourth-order valence-electron chi connectivity index (χ4n) is 2.10. The van der Waals surface area contributed by atoms with Crippen LogP contribution >= 0.6 is 15.9 Å². The highest BCUT2D eigenvalue weighted by atomic mass is 79.9. The predicted molar refractivity (Wildman–Crippen MR) is 80.1 cm³/mol. The largest absolute Gasteiger partial charge is 0.229 e. The minimum Gasteiger partial charge on any atom is -0.229 e. The molecule has 2 aromatic carbocycles. The average molecular weight is 327 g/mol. The predicted octanol–water partition coefficient (Wildman–Crippen LogP) is 3.19. The number of sulfone groups is 1. The normalized spacial score (nSPS) is 13.7. The zero-order valence-corrected chi connectivity index (χ0v) is 12.5. The summed E-state index contributed by atoms with van der Waals surface area (Å²) in [7, 11) is -2.94. The van der Waals surface area contributed by atoms with Crippen molar-refractivity contribution >= 4 is 36.5 Å². The molecule has 0 aliphatic rings. The number of fused-ring (bicyclic) bond motifs is 1. The maximum Gasteiger partial charge on any atom is 0.148 e. The lowest BCUT2D eigenvalue weighted by atomic mass is 10.0. The summed E-state index contributed by atoms with van der Waals surface area (Å²) in [6.07, 6.45) is 1.98. The van der Waals surface area contributed by atoms with Gasteiger partial charge < -0.3 is 0 Å². The Bertz CT molecular complexity index is 644. The average Bonchev–Trinajstić information content (AvgIpc) is 2.27. The molecule has 0 fully saturated rings. The maximum absolute atomic E-state index is 11.3. The first-order chi connectivity index (χ1) is 8.46. The smallest absolute Gasteiger partial charge is 0.148 e. The van der Waals surface area contributed by atoms with Crippen molar-refractivity contribution < 1.29 is 8.42 Å². The molecule has 0 saturated carbocycles. The number of halogens is 1. The van der Waals surface area contributed by atoms with Crippen molar-refractivity contribution in [3.05, 3.63) is 48.0 Å². The first-order valence-electron chi connectivity index (χ1n) is 5.74. The van der Waals surface area contributed by atoms with Crippen molar-refractivity contribution in [2.45, 2.75) is 11.2 Å². The van der Waals surface area contributed by atoms with Gasteiger partial charge in [-0.2, -0.15) is 0 Å². The molecule has 2 nitrogen and oxygen atoms in total. The van der Waals surface area contributed by atoms with E-state index >= 15 is 0 Å². The van der Waals surface area contributed by atoms with Gasteiger partial charge in [0.15, 0.2) is 0 Å². The van der Waals surface area contributed by atoms with Gasteiger partial charge in [0.2, 0.25) is 0 Å². The lowest BCUT2D eigenvalue weighted by Crippen LogP contribution is -2.16. The molecule has 0 aliphatic heterocycles. The molecule has 2 rings (SSSR count). The second-order valence-electron chi connectivity index (χ2n) is 4.53. The van der Waals surface area contributed by atoms with Crippen LogP contribution in [0.5, 0.6) is 0 Å². The Morgan fingerprint density at radius 2 is 1.78 bits per heavy atom. The summed E-state index contributed by atoms with van der Waals surface area (Å²) in [5.41, 5.74) is 1.18. The van der Waals surface area contributed by atoms with Crippen LogP contribution in [-0.2, 0) is 16.3 Å². The van der Waals surface area contributed by atoms with E-state index in [2.05, 4.69) is 40.2 Å². The van der Waals surface area contributed by atoms with Gasteiger partial charge in [0.25, 0.3) is 0 Å². The molecule has 1 atom stereocenters. The van der Waals surface area contributed by atoms with Gasteiger partial charge in [-0.25, -0.2) is 8.42 Å². The van der Waals surface area contributed by atoms with Crippen molar-refractivity contribution in [3.8, 4) is 0 Å². The Hall–Kier alpha value is -0.870. The number of alkyl halides is 1. The zero-order chi connectivity index (χ0) is 13.2. The van der Waals surface area contributed by atoms with Crippen molar-refractivity contribution in [1.82, 2.24) is 0 Å². The molecule has 0 saturated heterocycles. The van der Waals surface area contributed by atoms with E-state index in [4.69, 9.17) is 0 Å². The van der Waals surface area contributed by atoms with E-state index < -0.39 is 9.84 Å². The summed E-state index contributed by atoms with van der Waals surface area (Å²) in [4.78, 5) is -0.0432. The third kappa shape index (κ3) is 3.56. The van der Waals surface area contributed by atoms with Gasteiger partial charge >= 0.3 is 0 Å². The molecule has 2 aromatic rings. The monoisotopic (exact) mass is 326 g/mol. The molecule has 0 radical (unpaired) electrons. The fraction of sp³-hybridized carbons (Fsp3) is 0.286. The molecule has 0 N–H and O–H groups in total. The van der Waals surface area contributed by atoms with Gasteiger partial charge in [-0.1, -0.05) is 58.4 Å². The van der Waals surface area contributed by atoms with Crippen molar-refractivity contribution in [2.75, 3.05) is 12.0 Å². The number of hydrogen-bond donors (Lipinski definition) is 0. The van der Waals surface area contributed by atoms with Crippen molar-refractivity contribution in [3.63, 3.8) is 0 Å². The van der Waals surface area contributed by atoms with E-state index in [0.717, 1.165) is 0 Å². The summed E-state index contributed by atoms with van der Waals surface area (Å²) in [6.45, 7) is 0. The van der Waals surface area contributed by atoms with Crippen LogP contribution in [0.4, 0.5) is 0 Å². The molecule has 18 heavy (non-hydrogen) atoms. The van der Waals surface area contributed by atoms with E-state index in [1.807, 2.05) is 18.2 Å². The highest BCUT2D eigenvalue weighted by Crippen LogP contribution is 2.22. The molecule has 0 spiro atoms. The van der Waals surface area contributed by atoms with Gasteiger partial charge in [-0.05, 0) is 22.8 Å². The lowest BCUT2D eigenvalue weighted by Gasteiger charge is -2.11. The van der Waals surface area contributed by atoms with Crippen molar-refractivity contribution in [1.29, 1.82) is 0 Å². The first-order valence-corrected chi connectivity index (χ1v) is 8.72. The Morgan fingerprint density at radius 1 is 1.11 bits per heavy atom. The number of rotatable bonds is 4. The Morgan fingerprint density at radius 3 is 2.50 bits per heavy atom. The molecule has 0 aromatic heterocycles. The van der Waals surface area contributed by atoms with Crippen LogP contribution in [0.25, 0.3) is 10.8 Å². The Kier molecular flexibility index (Phi) is 4.07. The minimum atomic E-state index is -2.94. The second-order valence-corrected chi connectivity index (χ2v) is 8.01. The highest BCUT2D eigenvalue weighted by molar-refractivity contribution is 9.09. The molecule has 0 bridgehead atoms. The molecule has 4 heteroatoms. The summed E-state index contributed by atoms with van der Waals surface area (Å²) >= 11 is 3.46. The van der Waals surface area contributed by atoms with E-state index in [1.54, 1.807) is 0 Å². The van der Waals surface area contributed by atoms with E-state index in [1.165, 1.54) is 22.6 Å². The van der Waals surface area contributed by atoms with Crippen LogP contribution in [-0.4, -0.2) is 25.3 Å². The van der Waals surface area contributed by atoms with Crippen LogP contribution in [0.3, 0.4) is 0 Å². The summed E-state index contributed by atoms with van der Waals surface area (Å²) in [6, 6.07) is 14.3. The van der Waals surface area contributed by atoms with Crippen LogP contribution in [0.1, 0.15) is 5.56 Å². The zero-order valence-electron chi connectivity index (χ0n) is 10.1. The highest BCUT2D eigenvalue weighted by Gasteiger charge is 2.13. The number of hydrogen-bond acceptors (Lipinski definition) is 2. The fourth-order valence-corrected chi connectivity index (χ4v) is 4.66. The minimum absolute atomic E-state index is 0.0432. The third-order valence-corrected chi connectivity index (χ3v) is 4.89. The Balaban J connectivity index is 2.27. The maximum atomic E-state index is 11.3. The molecular formula is C14H15BrO2S. The number of benzene rings is 2. The van der Waals surface area contributed by atoms with Gasteiger partial charge in [0, 0.05) is 11.1 Å². The van der Waals surface area contributed by atoms with E-state index in [0.29, 0.717) is 6.42 Å². The first kappa shape index (κ1) is 13.6. The van der Waals surface area contributed by atoms with Crippen LogP contribution in [0, 0.1) is 0 Å². The topological polar surface area (TPSA) is 34.1 Å². The van der Waals surface area contributed by atoms with Gasteiger partial charge in [0.1, 0.15) is 9.84 Å². The van der Waals surface area contributed by atoms with Crippen LogP contribution in [0.15, 0.2) is 42.5 Å². The van der Waals surface area contributed by atoms with E-state index in [-0.39, 0.29) is 10.6 Å². The molecular weight excluding hydrogens is 312 g/mol. The van der Waals surface area contributed by atoms with Gasteiger partial charge in [-0.15, -0.1) is 0 Å². The second kappa shape index (κ2) is 5.41. The SMILES string of the molecule is CS(=O)(=O)CC(Br)Cc1cccc2ccccc12. The summed E-state index contributed by atoms with van der Waals surface area (Å²) in [5.74, 6) is 0.163. The molecule has 96 valence electrons. The molecule has 1 unspecified atom stereocenters. The molecule has 0 amide bonds. The van der Waals surface area contributed by atoms with Crippen LogP contribution in [0.2, 0.25) is 0 Å². The van der Waals surface area contributed by atoms with Crippen LogP contribution < -0.4 is 0 Å². The standard InChI is InChI=1S/C14H15BrO2S/c1-18(16,17)10-13(15)9-12-7-4-6-11-5-2-3-8-14(11)12/h2-8,13H,9-10H2,1H3. The Labute approximate surface area is 116 Å². The van der Waals surface area contributed by atoms with E-state index in [9.17, 15) is 8.42 Å². The van der Waals surface area contributed by atoms with Gasteiger partial charge in [0.05, 0.1) is 5.75 Å². The van der Waals surface area contributed by atoms with Gasteiger partial charge in [-0.3, -0.25) is 0 Å². The molecule has 0 aliphatic carbocycles. The third-order valence-electron chi connectivity index (χ3n) is 2.80.